The molecule has 0 saturated carbocycles. The fraction of sp³-hybridized carbons (Fsp3) is 0.214. The molecule has 0 atom stereocenters. The van der Waals surface area contributed by atoms with Gasteiger partial charge in [0.15, 0.2) is 0 Å². The van der Waals surface area contributed by atoms with Crippen molar-refractivity contribution < 1.29 is 9.90 Å². The molecule has 1 aromatic heterocycles. The van der Waals surface area contributed by atoms with Crippen molar-refractivity contribution in [2.45, 2.75) is 19.9 Å². The van der Waals surface area contributed by atoms with E-state index in [0.717, 1.165) is 11.5 Å². The van der Waals surface area contributed by atoms with Gasteiger partial charge in [-0.3, -0.25) is 0 Å². The highest BCUT2D eigenvalue weighted by molar-refractivity contribution is 5.88. The Morgan fingerprint density at radius 2 is 1.80 bits per heavy atom. The second-order valence-electron chi connectivity index (χ2n) is 4.60. The van der Waals surface area contributed by atoms with E-state index in [1.165, 1.54) is 6.33 Å². The summed E-state index contributed by atoms with van der Waals surface area (Å²) >= 11 is 0. The summed E-state index contributed by atoms with van der Waals surface area (Å²) in [5.74, 6) is 0.438. The van der Waals surface area contributed by atoms with Crippen molar-refractivity contribution in [1.29, 1.82) is 0 Å². The lowest BCUT2D eigenvalue weighted by molar-refractivity contribution is 0.0697. The van der Waals surface area contributed by atoms with Crippen LogP contribution in [-0.2, 0) is 0 Å². The number of aromatic carboxylic acids is 1. The Morgan fingerprint density at radius 1 is 1.15 bits per heavy atom. The van der Waals surface area contributed by atoms with E-state index in [1.807, 2.05) is 13.8 Å². The van der Waals surface area contributed by atoms with Crippen LogP contribution in [0.2, 0.25) is 0 Å². The predicted molar refractivity (Wildman–Crippen MR) is 77.5 cm³/mol. The highest BCUT2D eigenvalue weighted by atomic mass is 16.4. The lowest BCUT2D eigenvalue weighted by Gasteiger charge is -2.10. The van der Waals surface area contributed by atoms with Crippen LogP contribution in [0.25, 0.3) is 0 Å². The molecule has 0 spiro atoms. The van der Waals surface area contributed by atoms with E-state index in [-0.39, 0.29) is 11.6 Å². The zero-order valence-corrected chi connectivity index (χ0v) is 11.3. The maximum Gasteiger partial charge on any atom is 0.335 e. The molecule has 3 N–H and O–H groups in total. The highest BCUT2D eigenvalue weighted by Crippen LogP contribution is 2.17. The number of nitrogens with one attached hydrogen (secondary N) is 2. The molecule has 0 saturated heterocycles. The number of rotatable bonds is 5. The van der Waals surface area contributed by atoms with Gasteiger partial charge in [0.25, 0.3) is 0 Å². The molecule has 20 heavy (non-hydrogen) atoms. The lowest BCUT2D eigenvalue weighted by Crippen LogP contribution is -2.11. The first-order chi connectivity index (χ1) is 9.54. The first-order valence-electron chi connectivity index (χ1n) is 6.23. The molecule has 2 rings (SSSR count). The molecule has 0 aliphatic carbocycles. The van der Waals surface area contributed by atoms with Crippen molar-refractivity contribution in [2.24, 2.45) is 0 Å². The quantitative estimate of drug-likeness (QED) is 0.775. The number of carboxylic acid groups (broad SMARTS) is 1. The zero-order chi connectivity index (χ0) is 14.5. The smallest absolute Gasteiger partial charge is 0.335 e. The average molecular weight is 272 g/mol. The molecule has 1 heterocycles. The minimum Gasteiger partial charge on any atom is -0.478 e. The number of hydrogen-bond donors (Lipinski definition) is 3. The third kappa shape index (κ3) is 3.68. The molecule has 0 aliphatic heterocycles. The Balaban J connectivity index is 2.11. The zero-order valence-electron chi connectivity index (χ0n) is 11.3. The van der Waals surface area contributed by atoms with Gasteiger partial charge < -0.3 is 15.7 Å². The number of nitrogens with zero attached hydrogens (tertiary/aromatic N) is 2. The van der Waals surface area contributed by atoms with E-state index in [0.29, 0.717) is 5.82 Å². The Labute approximate surface area is 116 Å². The van der Waals surface area contributed by atoms with Crippen LogP contribution < -0.4 is 10.6 Å². The minimum absolute atomic E-state index is 0.250. The number of anilines is 3. The monoisotopic (exact) mass is 272 g/mol. The van der Waals surface area contributed by atoms with Crippen LogP contribution in [0.5, 0.6) is 0 Å². The molecule has 2 aromatic rings. The summed E-state index contributed by atoms with van der Waals surface area (Å²) in [5.41, 5.74) is 1.02. The Kier molecular flexibility index (Phi) is 4.14. The van der Waals surface area contributed by atoms with Gasteiger partial charge in [-0.15, -0.1) is 0 Å². The van der Waals surface area contributed by atoms with Crippen LogP contribution in [-0.4, -0.2) is 27.1 Å². The second kappa shape index (κ2) is 6.01. The summed E-state index contributed by atoms with van der Waals surface area (Å²) in [6, 6.07) is 8.55. The van der Waals surface area contributed by atoms with Crippen molar-refractivity contribution in [3.8, 4) is 0 Å². The number of carboxylic acids is 1. The van der Waals surface area contributed by atoms with Gasteiger partial charge in [0.05, 0.1) is 5.56 Å². The normalized spacial score (nSPS) is 10.3. The summed E-state index contributed by atoms with van der Waals surface area (Å²) in [6.07, 6.45) is 1.47. The summed E-state index contributed by atoms with van der Waals surface area (Å²) < 4.78 is 0. The number of aromatic nitrogens is 2. The maximum atomic E-state index is 10.8. The van der Waals surface area contributed by atoms with Gasteiger partial charge >= 0.3 is 5.97 Å². The molecule has 0 amide bonds. The van der Waals surface area contributed by atoms with Crippen LogP contribution in [0.1, 0.15) is 24.2 Å². The van der Waals surface area contributed by atoms with Crippen LogP contribution in [0.15, 0.2) is 36.7 Å². The molecule has 0 aliphatic rings. The predicted octanol–water partition coefficient (Wildman–Crippen LogP) is 2.74. The standard InChI is InChI=1S/C14H16N4O2/c1-9(2)17-12-7-13(16-8-15-12)18-11-5-3-10(4-6-11)14(19)20/h3-9H,1-2H3,(H,19,20)(H2,15,16,17,18). The molecule has 0 fully saturated rings. The lowest BCUT2D eigenvalue weighted by atomic mass is 10.2. The molecule has 0 radical (unpaired) electrons. The van der Waals surface area contributed by atoms with Crippen LogP contribution >= 0.6 is 0 Å². The maximum absolute atomic E-state index is 10.8. The molecule has 0 bridgehead atoms. The van der Waals surface area contributed by atoms with E-state index in [4.69, 9.17) is 5.11 Å². The van der Waals surface area contributed by atoms with E-state index >= 15 is 0 Å². The fourth-order valence-corrected chi connectivity index (χ4v) is 1.64. The topological polar surface area (TPSA) is 87.1 Å². The van der Waals surface area contributed by atoms with Crippen molar-refractivity contribution in [1.82, 2.24) is 9.97 Å². The fourth-order valence-electron chi connectivity index (χ4n) is 1.64. The Morgan fingerprint density at radius 3 is 2.40 bits per heavy atom. The van der Waals surface area contributed by atoms with Crippen molar-refractivity contribution in [2.75, 3.05) is 10.6 Å². The van der Waals surface area contributed by atoms with E-state index in [2.05, 4.69) is 20.6 Å². The second-order valence-corrected chi connectivity index (χ2v) is 4.60. The highest BCUT2D eigenvalue weighted by Gasteiger charge is 2.03. The van der Waals surface area contributed by atoms with Gasteiger partial charge in [-0.25, -0.2) is 14.8 Å². The van der Waals surface area contributed by atoms with Crippen molar-refractivity contribution in [3.05, 3.63) is 42.2 Å². The van der Waals surface area contributed by atoms with Crippen molar-refractivity contribution >= 4 is 23.3 Å². The first kappa shape index (κ1) is 13.8. The molecular weight excluding hydrogens is 256 g/mol. The summed E-state index contributed by atoms with van der Waals surface area (Å²) in [7, 11) is 0. The van der Waals surface area contributed by atoms with E-state index in [1.54, 1.807) is 30.3 Å². The molecule has 0 unspecified atom stereocenters. The number of benzene rings is 1. The van der Waals surface area contributed by atoms with Crippen molar-refractivity contribution in [3.63, 3.8) is 0 Å². The van der Waals surface area contributed by atoms with Crippen LogP contribution in [0, 0.1) is 0 Å². The summed E-state index contributed by atoms with van der Waals surface area (Å²) in [5, 5.41) is 15.1. The molecular formula is C14H16N4O2. The van der Waals surface area contributed by atoms with E-state index < -0.39 is 5.97 Å². The van der Waals surface area contributed by atoms with Crippen LogP contribution in [0.4, 0.5) is 17.3 Å². The number of carbonyl (C=O) groups is 1. The molecule has 6 heteroatoms. The number of hydrogen-bond acceptors (Lipinski definition) is 5. The van der Waals surface area contributed by atoms with Gasteiger partial charge in [0.1, 0.15) is 18.0 Å². The van der Waals surface area contributed by atoms with Gasteiger partial charge in [0.2, 0.25) is 0 Å². The molecule has 6 nitrogen and oxygen atoms in total. The van der Waals surface area contributed by atoms with Crippen LogP contribution in [0.3, 0.4) is 0 Å². The third-order valence-electron chi connectivity index (χ3n) is 2.51. The summed E-state index contributed by atoms with van der Waals surface area (Å²) in [6.45, 7) is 4.06. The van der Waals surface area contributed by atoms with Gasteiger partial charge in [0, 0.05) is 17.8 Å². The minimum atomic E-state index is -0.943. The first-order valence-corrected chi connectivity index (χ1v) is 6.23. The third-order valence-corrected chi connectivity index (χ3v) is 2.51. The van der Waals surface area contributed by atoms with Gasteiger partial charge in [-0.05, 0) is 38.1 Å². The largest absolute Gasteiger partial charge is 0.478 e. The average Bonchev–Trinajstić information content (AvgIpc) is 2.39. The van der Waals surface area contributed by atoms with Gasteiger partial charge in [-0.1, -0.05) is 0 Å². The Bertz CT molecular complexity index is 596. The summed E-state index contributed by atoms with van der Waals surface area (Å²) in [4.78, 5) is 19.0. The van der Waals surface area contributed by atoms with Gasteiger partial charge in [-0.2, -0.15) is 0 Å². The van der Waals surface area contributed by atoms with E-state index in [9.17, 15) is 4.79 Å². The SMILES string of the molecule is CC(C)Nc1cc(Nc2ccc(C(=O)O)cc2)ncn1. The Hall–Kier alpha value is -2.63. The molecule has 104 valence electrons. The molecule has 1 aromatic carbocycles.